The van der Waals surface area contributed by atoms with Crippen molar-refractivity contribution in [3.63, 3.8) is 0 Å². The highest BCUT2D eigenvalue weighted by Gasteiger charge is 2.31. The van der Waals surface area contributed by atoms with Gasteiger partial charge in [-0.05, 0) is 38.7 Å². The van der Waals surface area contributed by atoms with Gasteiger partial charge in [-0.3, -0.25) is 0 Å². The van der Waals surface area contributed by atoms with Crippen molar-refractivity contribution in [3.05, 3.63) is 29.8 Å². The van der Waals surface area contributed by atoms with Crippen LogP contribution in [0.5, 0.6) is 5.75 Å². The molecule has 2 unspecified atom stereocenters. The van der Waals surface area contributed by atoms with E-state index >= 15 is 0 Å². The van der Waals surface area contributed by atoms with Crippen LogP contribution in [-0.2, 0) is 0 Å². The van der Waals surface area contributed by atoms with Crippen LogP contribution in [0.25, 0.3) is 0 Å². The number of ether oxygens (including phenoxy) is 1. The molecule has 2 atom stereocenters. The molecule has 0 aliphatic heterocycles. The Bertz CT molecular complexity index is 438. The summed E-state index contributed by atoms with van der Waals surface area (Å²) in [4.78, 5) is 1.86. The van der Waals surface area contributed by atoms with Gasteiger partial charge in [0.25, 0.3) is 0 Å². The molecule has 120 valence electrons. The molecule has 0 aliphatic carbocycles. The second kappa shape index (κ2) is 7.63. The van der Waals surface area contributed by atoms with Crippen molar-refractivity contribution in [1.82, 2.24) is 10.2 Å². The molecule has 0 fully saturated rings. The lowest BCUT2D eigenvalue weighted by molar-refractivity contribution is -0.274. The van der Waals surface area contributed by atoms with Gasteiger partial charge in [-0.15, -0.1) is 13.2 Å². The Morgan fingerprint density at radius 1 is 1.33 bits per heavy atom. The molecule has 1 aromatic rings. The van der Waals surface area contributed by atoms with E-state index in [1.165, 1.54) is 18.2 Å². The monoisotopic (exact) mass is 306 g/mol. The summed E-state index contributed by atoms with van der Waals surface area (Å²) in [5, 5.41) is 12.8. The van der Waals surface area contributed by atoms with E-state index in [2.05, 4.69) is 10.1 Å². The Morgan fingerprint density at radius 2 is 2.00 bits per heavy atom. The van der Waals surface area contributed by atoms with Crippen LogP contribution in [0.2, 0.25) is 0 Å². The average molecular weight is 306 g/mol. The number of hydrogen-bond donors (Lipinski definition) is 2. The van der Waals surface area contributed by atoms with Gasteiger partial charge < -0.3 is 20.1 Å². The highest BCUT2D eigenvalue weighted by atomic mass is 19.4. The maximum Gasteiger partial charge on any atom is 0.573 e. The maximum atomic E-state index is 12.2. The van der Waals surface area contributed by atoms with Crippen molar-refractivity contribution in [1.29, 1.82) is 0 Å². The number of halogens is 3. The third kappa shape index (κ3) is 7.31. The average Bonchev–Trinajstić information content (AvgIpc) is 2.33. The molecule has 0 amide bonds. The normalized spacial score (nSPS) is 15.0. The maximum absolute atomic E-state index is 12.2. The number of hydrogen-bond acceptors (Lipinski definition) is 4. The molecule has 0 aliphatic rings. The molecule has 0 saturated heterocycles. The van der Waals surface area contributed by atoms with Gasteiger partial charge in [-0.1, -0.05) is 12.1 Å². The second-order valence-electron chi connectivity index (χ2n) is 5.17. The number of aliphatic hydroxyl groups excluding tert-OH is 1. The SMILES string of the molecule is CC(NCC(O)CN(C)C)c1cccc(OC(F)(F)F)c1. The van der Waals surface area contributed by atoms with Crippen LogP contribution >= 0.6 is 0 Å². The third-order valence-electron chi connectivity index (χ3n) is 2.83. The van der Waals surface area contributed by atoms with Crippen LogP contribution in [0.15, 0.2) is 24.3 Å². The van der Waals surface area contributed by atoms with Gasteiger partial charge in [0, 0.05) is 19.1 Å². The molecule has 7 heteroatoms. The minimum Gasteiger partial charge on any atom is -0.406 e. The summed E-state index contributed by atoms with van der Waals surface area (Å²) in [6.45, 7) is 2.68. The molecular weight excluding hydrogens is 285 g/mol. The smallest absolute Gasteiger partial charge is 0.406 e. The molecule has 0 bridgehead atoms. The topological polar surface area (TPSA) is 44.7 Å². The largest absolute Gasteiger partial charge is 0.573 e. The quantitative estimate of drug-likeness (QED) is 0.810. The van der Waals surface area contributed by atoms with E-state index in [1.54, 1.807) is 6.07 Å². The van der Waals surface area contributed by atoms with E-state index in [0.717, 1.165) is 0 Å². The van der Waals surface area contributed by atoms with Crippen molar-refractivity contribution in [2.24, 2.45) is 0 Å². The first kappa shape index (κ1) is 17.7. The number of aliphatic hydroxyl groups is 1. The Labute approximate surface area is 122 Å². The molecule has 0 spiro atoms. The summed E-state index contributed by atoms with van der Waals surface area (Å²) in [7, 11) is 3.70. The van der Waals surface area contributed by atoms with Gasteiger partial charge in [0.15, 0.2) is 0 Å². The Balaban J connectivity index is 2.58. The van der Waals surface area contributed by atoms with Crippen molar-refractivity contribution >= 4 is 0 Å². The first-order valence-corrected chi connectivity index (χ1v) is 6.59. The number of benzene rings is 1. The summed E-state index contributed by atoms with van der Waals surface area (Å²) >= 11 is 0. The van der Waals surface area contributed by atoms with Crippen LogP contribution in [0, 0.1) is 0 Å². The summed E-state index contributed by atoms with van der Waals surface area (Å²) in [5.41, 5.74) is 0.661. The molecule has 0 saturated carbocycles. The van der Waals surface area contributed by atoms with Crippen molar-refractivity contribution in [3.8, 4) is 5.75 Å². The van der Waals surface area contributed by atoms with Gasteiger partial charge in [0.05, 0.1) is 6.10 Å². The van der Waals surface area contributed by atoms with Crippen LogP contribution in [0.4, 0.5) is 13.2 Å². The number of likely N-dealkylation sites (N-methyl/N-ethyl adjacent to an activating group) is 1. The fourth-order valence-electron chi connectivity index (χ4n) is 1.90. The predicted octanol–water partition coefficient (Wildman–Crippen LogP) is 2.16. The van der Waals surface area contributed by atoms with Crippen LogP contribution in [0.3, 0.4) is 0 Å². The van der Waals surface area contributed by atoms with Crippen LogP contribution in [-0.4, -0.2) is 49.7 Å². The van der Waals surface area contributed by atoms with E-state index < -0.39 is 12.5 Å². The third-order valence-corrected chi connectivity index (χ3v) is 2.83. The highest BCUT2D eigenvalue weighted by molar-refractivity contribution is 5.30. The predicted molar refractivity (Wildman–Crippen MR) is 74.1 cm³/mol. The Morgan fingerprint density at radius 3 is 2.57 bits per heavy atom. The van der Waals surface area contributed by atoms with E-state index in [0.29, 0.717) is 18.7 Å². The molecule has 1 rings (SSSR count). The van der Waals surface area contributed by atoms with Gasteiger partial charge in [0.1, 0.15) is 5.75 Å². The zero-order valence-corrected chi connectivity index (χ0v) is 12.3. The van der Waals surface area contributed by atoms with E-state index in [1.807, 2.05) is 25.9 Å². The fraction of sp³-hybridized carbons (Fsp3) is 0.571. The fourth-order valence-corrected chi connectivity index (χ4v) is 1.90. The first-order valence-electron chi connectivity index (χ1n) is 6.59. The zero-order valence-electron chi connectivity index (χ0n) is 12.3. The summed E-state index contributed by atoms with van der Waals surface area (Å²) in [6, 6.07) is 5.61. The van der Waals surface area contributed by atoms with Crippen molar-refractivity contribution in [2.45, 2.75) is 25.4 Å². The minimum absolute atomic E-state index is 0.196. The lowest BCUT2D eigenvalue weighted by atomic mass is 10.1. The van der Waals surface area contributed by atoms with Crippen LogP contribution < -0.4 is 10.1 Å². The Hall–Kier alpha value is -1.31. The summed E-state index contributed by atoms with van der Waals surface area (Å²) in [5.74, 6) is -0.248. The molecule has 1 aromatic carbocycles. The molecule has 21 heavy (non-hydrogen) atoms. The molecule has 0 heterocycles. The first-order chi connectivity index (χ1) is 9.67. The number of nitrogens with zero attached hydrogens (tertiary/aromatic N) is 1. The standard InChI is InChI=1S/C14H21F3N2O2/c1-10(18-8-12(20)9-19(2)3)11-5-4-6-13(7-11)21-14(15,16)17/h4-7,10,12,18,20H,8-9H2,1-3H3. The van der Waals surface area contributed by atoms with Gasteiger partial charge in [-0.25, -0.2) is 0 Å². The van der Waals surface area contributed by atoms with E-state index in [-0.39, 0.29) is 11.8 Å². The highest BCUT2D eigenvalue weighted by Crippen LogP contribution is 2.25. The summed E-state index contributed by atoms with van der Waals surface area (Å²) < 4.78 is 40.4. The molecule has 2 N–H and O–H groups in total. The Kier molecular flexibility index (Phi) is 6.44. The van der Waals surface area contributed by atoms with Gasteiger partial charge in [0.2, 0.25) is 0 Å². The van der Waals surface area contributed by atoms with E-state index in [9.17, 15) is 18.3 Å². The minimum atomic E-state index is -4.70. The summed E-state index contributed by atoms with van der Waals surface area (Å²) in [6.07, 6.45) is -5.24. The lowest BCUT2D eigenvalue weighted by Crippen LogP contribution is -2.36. The van der Waals surface area contributed by atoms with E-state index in [4.69, 9.17) is 0 Å². The molecule has 0 aromatic heterocycles. The van der Waals surface area contributed by atoms with Gasteiger partial charge >= 0.3 is 6.36 Å². The van der Waals surface area contributed by atoms with Gasteiger partial charge in [-0.2, -0.15) is 0 Å². The molecular formula is C14H21F3N2O2. The molecule has 0 radical (unpaired) electrons. The van der Waals surface area contributed by atoms with Crippen LogP contribution in [0.1, 0.15) is 18.5 Å². The number of nitrogens with one attached hydrogen (secondary N) is 1. The number of rotatable bonds is 7. The second-order valence-corrected chi connectivity index (χ2v) is 5.17. The number of alkyl halides is 3. The lowest BCUT2D eigenvalue weighted by Gasteiger charge is -2.20. The zero-order chi connectivity index (χ0) is 16.0. The van der Waals surface area contributed by atoms with Crippen molar-refractivity contribution in [2.75, 3.05) is 27.2 Å². The van der Waals surface area contributed by atoms with Crippen molar-refractivity contribution < 1.29 is 23.0 Å². The molecule has 4 nitrogen and oxygen atoms in total.